The smallest absolute Gasteiger partial charge is 0.290 e. The van der Waals surface area contributed by atoms with Gasteiger partial charge in [0.2, 0.25) is 5.82 Å². The van der Waals surface area contributed by atoms with Gasteiger partial charge in [0.1, 0.15) is 11.6 Å². The maximum atomic E-state index is 14.6. The first kappa shape index (κ1) is 32.5. The predicted molar refractivity (Wildman–Crippen MR) is 156 cm³/mol. The number of halogens is 4. The standard InChI is InChI=1S/C32H32F4N2O3.CH2O2/c1-40-24-10-11-27(33)22(17-24)19-38(23-8-9-23)32(39)26-18-37-15-14-25(26)21-6-4-20(5-7-21)3-2-16-41-31-29(35)13-12-28(34)30(31)36;2-1-3/h4-7,10-13,17,23,37H,2-3,8-9,14-16,18-19H2,1H3;1H,(H,2,3). The SMILES string of the molecule is COc1ccc(F)c(CN(C(=O)C2=C(c3ccc(CCCOc4c(F)ccc(F)c4F)cc3)CCNC2)C2CC2)c1.O=CO. The van der Waals surface area contributed by atoms with Gasteiger partial charge in [0.15, 0.2) is 17.4 Å². The number of amides is 1. The molecule has 3 aromatic rings. The lowest BCUT2D eigenvalue weighted by atomic mass is 9.92. The van der Waals surface area contributed by atoms with Crippen LogP contribution < -0.4 is 14.8 Å². The van der Waals surface area contributed by atoms with Crippen LogP contribution in [-0.2, 0) is 22.6 Å². The Hall–Kier alpha value is -4.38. The number of nitrogens with one attached hydrogen (secondary N) is 1. The van der Waals surface area contributed by atoms with Crippen LogP contribution in [0.3, 0.4) is 0 Å². The molecule has 1 aliphatic carbocycles. The fraction of sp³-hybridized carbons (Fsp3) is 0.333. The number of carbonyl (C=O) groups excluding carboxylic acids is 1. The second kappa shape index (κ2) is 15.4. The lowest BCUT2D eigenvalue weighted by Crippen LogP contribution is -2.39. The van der Waals surface area contributed by atoms with Crippen LogP contribution in [0.15, 0.2) is 60.2 Å². The lowest BCUT2D eigenvalue weighted by Gasteiger charge is -2.28. The molecule has 1 saturated carbocycles. The maximum absolute atomic E-state index is 14.6. The summed E-state index contributed by atoms with van der Waals surface area (Å²) in [4.78, 5) is 24.0. The molecule has 0 spiro atoms. The van der Waals surface area contributed by atoms with Crippen molar-refractivity contribution in [1.29, 1.82) is 0 Å². The Kier molecular flexibility index (Phi) is 11.4. The Balaban J connectivity index is 0.00000141. The normalized spacial score (nSPS) is 14.4. The van der Waals surface area contributed by atoms with Crippen molar-refractivity contribution < 1.29 is 41.7 Å². The molecule has 3 aromatic carbocycles. The van der Waals surface area contributed by atoms with Crippen LogP contribution in [-0.4, -0.2) is 55.2 Å². The van der Waals surface area contributed by atoms with E-state index in [1.165, 1.54) is 13.2 Å². The van der Waals surface area contributed by atoms with Crippen molar-refractivity contribution in [3.63, 3.8) is 0 Å². The number of nitrogens with zero attached hydrogens (tertiary/aromatic N) is 1. The van der Waals surface area contributed by atoms with Crippen LogP contribution >= 0.6 is 0 Å². The van der Waals surface area contributed by atoms with Crippen LogP contribution in [0.4, 0.5) is 17.6 Å². The molecule has 1 aliphatic heterocycles. The van der Waals surface area contributed by atoms with Crippen molar-refractivity contribution in [3.8, 4) is 11.5 Å². The number of hydrogen-bond acceptors (Lipinski definition) is 5. The van der Waals surface area contributed by atoms with Gasteiger partial charge < -0.3 is 24.8 Å². The highest BCUT2D eigenvalue weighted by Crippen LogP contribution is 2.34. The highest BCUT2D eigenvalue weighted by atomic mass is 19.2. The molecule has 234 valence electrons. The maximum Gasteiger partial charge on any atom is 0.290 e. The minimum atomic E-state index is -1.33. The van der Waals surface area contributed by atoms with E-state index in [0.29, 0.717) is 42.7 Å². The van der Waals surface area contributed by atoms with Crippen LogP contribution in [0.2, 0.25) is 0 Å². The summed E-state index contributed by atoms with van der Waals surface area (Å²) in [5.74, 6) is -4.04. The van der Waals surface area contributed by atoms with Crippen LogP contribution in [0.25, 0.3) is 5.57 Å². The van der Waals surface area contributed by atoms with Crippen molar-refractivity contribution in [1.82, 2.24) is 10.2 Å². The van der Waals surface area contributed by atoms with E-state index >= 15 is 0 Å². The summed E-state index contributed by atoms with van der Waals surface area (Å²) in [6.07, 6.45) is 3.54. The number of benzene rings is 3. The number of carbonyl (C=O) groups is 2. The van der Waals surface area contributed by atoms with Gasteiger partial charge in [-0.3, -0.25) is 9.59 Å². The largest absolute Gasteiger partial charge is 0.497 e. The monoisotopic (exact) mass is 614 g/mol. The van der Waals surface area contributed by atoms with Crippen LogP contribution in [0.5, 0.6) is 11.5 Å². The van der Waals surface area contributed by atoms with E-state index in [2.05, 4.69) is 5.32 Å². The summed E-state index contributed by atoms with van der Waals surface area (Å²) in [6.45, 7) is 1.13. The molecule has 1 amide bonds. The van der Waals surface area contributed by atoms with E-state index in [1.54, 1.807) is 17.0 Å². The molecule has 5 rings (SSSR count). The van der Waals surface area contributed by atoms with Gasteiger partial charge in [-0.05, 0) is 85.7 Å². The third-order valence-electron chi connectivity index (χ3n) is 7.48. The van der Waals surface area contributed by atoms with E-state index in [9.17, 15) is 22.4 Å². The van der Waals surface area contributed by atoms with Crippen molar-refractivity contribution >= 4 is 18.0 Å². The zero-order valence-corrected chi connectivity index (χ0v) is 24.3. The second-order valence-corrected chi connectivity index (χ2v) is 10.4. The molecule has 2 N–H and O–H groups in total. The first-order chi connectivity index (χ1) is 21.3. The molecule has 0 atom stereocenters. The average molecular weight is 615 g/mol. The molecule has 1 fully saturated rings. The predicted octanol–water partition coefficient (Wildman–Crippen LogP) is 5.90. The van der Waals surface area contributed by atoms with Gasteiger partial charge in [0, 0.05) is 30.3 Å². The molecule has 0 aromatic heterocycles. The molecule has 0 saturated heterocycles. The molecule has 0 unspecified atom stereocenters. The highest BCUT2D eigenvalue weighted by molar-refractivity contribution is 6.02. The molecule has 0 radical (unpaired) electrons. The molecule has 7 nitrogen and oxygen atoms in total. The molecule has 44 heavy (non-hydrogen) atoms. The first-order valence-electron chi connectivity index (χ1n) is 14.3. The third kappa shape index (κ3) is 8.16. The zero-order chi connectivity index (χ0) is 31.6. The van der Waals surface area contributed by atoms with Crippen molar-refractivity contribution in [2.75, 3.05) is 26.8 Å². The number of ether oxygens (including phenoxy) is 2. The van der Waals surface area contributed by atoms with Gasteiger partial charge in [-0.15, -0.1) is 0 Å². The number of aryl methyl sites for hydroxylation is 1. The molecule has 1 heterocycles. The van der Waals surface area contributed by atoms with Crippen LogP contribution in [0.1, 0.15) is 42.4 Å². The molecule has 2 aliphatic rings. The fourth-order valence-corrected chi connectivity index (χ4v) is 5.08. The summed E-state index contributed by atoms with van der Waals surface area (Å²) in [5, 5.41) is 10.2. The summed E-state index contributed by atoms with van der Waals surface area (Å²) >= 11 is 0. The summed E-state index contributed by atoms with van der Waals surface area (Å²) in [5.41, 5.74) is 4.02. The van der Waals surface area contributed by atoms with Gasteiger partial charge in [-0.25, -0.2) is 13.2 Å². The minimum Gasteiger partial charge on any atom is -0.497 e. The molecular weight excluding hydrogens is 580 g/mol. The van der Waals surface area contributed by atoms with Gasteiger partial charge in [0.25, 0.3) is 12.4 Å². The molecule has 0 bridgehead atoms. The average Bonchev–Trinajstić information content (AvgIpc) is 3.88. The topological polar surface area (TPSA) is 88.1 Å². The Morgan fingerprint density at radius 2 is 1.70 bits per heavy atom. The van der Waals surface area contributed by atoms with E-state index in [-0.39, 0.29) is 37.4 Å². The van der Waals surface area contributed by atoms with Crippen molar-refractivity contribution in [3.05, 3.63) is 100 Å². The summed E-state index contributed by atoms with van der Waals surface area (Å²) in [7, 11) is 1.53. The van der Waals surface area contributed by atoms with Gasteiger partial charge >= 0.3 is 0 Å². The first-order valence-corrected chi connectivity index (χ1v) is 14.3. The molecule has 11 heteroatoms. The van der Waals surface area contributed by atoms with E-state index in [0.717, 1.165) is 48.2 Å². The Bertz CT molecular complexity index is 1490. The van der Waals surface area contributed by atoms with E-state index in [4.69, 9.17) is 19.4 Å². The van der Waals surface area contributed by atoms with Gasteiger partial charge in [-0.1, -0.05) is 24.3 Å². The number of rotatable bonds is 11. The number of hydrogen-bond donors (Lipinski definition) is 2. The summed E-state index contributed by atoms with van der Waals surface area (Å²) < 4.78 is 65.9. The lowest BCUT2D eigenvalue weighted by molar-refractivity contribution is -0.128. The van der Waals surface area contributed by atoms with Crippen molar-refractivity contribution in [2.45, 2.75) is 44.7 Å². The highest BCUT2D eigenvalue weighted by Gasteiger charge is 2.36. The Labute approximate surface area is 253 Å². The summed E-state index contributed by atoms with van der Waals surface area (Å²) in [6, 6.07) is 14.1. The second-order valence-electron chi connectivity index (χ2n) is 10.4. The quantitative estimate of drug-likeness (QED) is 0.121. The van der Waals surface area contributed by atoms with Gasteiger partial charge in [0.05, 0.1) is 13.7 Å². The van der Waals surface area contributed by atoms with E-state index < -0.39 is 23.2 Å². The number of methoxy groups -OCH3 is 1. The zero-order valence-electron chi connectivity index (χ0n) is 24.3. The third-order valence-corrected chi connectivity index (χ3v) is 7.48. The Morgan fingerprint density at radius 1 is 1.02 bits per heavy atom. The van der Waals surface area contributed by atoms with Gasteiger partial charge in [-0.2, -0.15) is 4.39 Å². The number of carboxylic acid groups (broad SMARTS) is 1. The molecular formula is C33H34F4N2O5. The minimum absolute atomic E-state index is 0.0272. The Morgan fingerprint density at radius 3 is 2.39 bits per heavy atom. The van der Waals surface area contributed by atoms with E-state index in [1.807, 2.05) is 24.3 Å². The fourth-order valence-electron chi connectivity index (χ4n) is 5.08. The van der Waals surface area contributed by atoms with Crippen LogP contribution in [0, 0.1) is 23.3 Å². The van der Waals surface area contributed by atoms with Crippen molar-refractivity contribution in [2.24, 2.45) is 0 Å².